The molecule has 0 unspecified atom stereocenters. The third kappa shape index (κ3) is 1.44. The second-order valence-corrected chi connectivity index (χ2v) is 4.85. The van der Waals surface area contributed by atoms with Crippen LogP contribution in [-0.4, -0.2) is 5.11 Å². The zero-order valence-corrected chi connectivity index (χ0v) is 10.1. The van der Waals surface area contributed by atoms with Crippen molar-refractivity contribution >= 4 is 44.0 Å². The minimum Gasteiger partial charge on any atom is -0.506 e. The van der Waals surface area contributed by atoms with E-state index in [1.54, 1.807) is 16.7 Å². The molecule has 0 bridgehead atoms. The highest BCUT2D eigenvalue weighted by Crippen LogP contribution is 2.35. The molecule has 13 heavy (non-hydrogen) atoms. The molecule has 0 spiro atoms. The summed E-state index contributed by atoms with van der Waals surface area (Å²) in [6.45, 7) is 2.15. The number of rotatable bonds is 1. The van der Waals surface area contributed by atoms with Crippen molar-refractivity contribution < 1.29 is 5.11 Å². The lowest BCUT2D eigenvalue weighted by molar-refractivity contribution is 0.483. The molecule has 2 rings (SSSR count). The Kier molecular flexibility index (Phi) is 2.47. The Morgan fingerprint density at radius 2 is 2.23 bits per heavy atom. The maximum Gasteiger partial charge on any atom is 0.134 e. The van der Waals surface area contributed by atoms with Crippen molar-refractivity contribution in [3.05, 3.63) is 26.6 Å². The fourth-order valence-corrected chi connectivity index (χ4v) is 3.49. The molecule has 0 aliphatic rings. The van der Waals surface area contributed by atoms with Crippen LogP contribution in [-0.2, 0) is 6.42 Å². The number of aryl methyl sites for hydroxylation is 1. The Morgan fingerprint density at radius 3 is 2.92 bits per heavy atom. The molecule has 68 valence electrons. The van der Waals surface area contributed by atoms with Crippen LogP contribution in [0.1, 0.15) is 12.5 Å². The number of hydrogen-bond donors (Lipinski definition) is 1. The van der Waals surface area contributed by atoms with Gasteiger partial charge in [0.15, 0.2) is 0 Å². The van der Waals surface area contributed by atoms with Crippen LogP contribution >= 0.6 is 33.9 Å². The van der Waals surface area contributed by atoms with E-state index in [9.17, 15) is 5.11 Å². The number of aromatic hydroxyl groups is 1. The highest BCUT2D eigenvalue weighted by atomic mass is 127. The van der Waals surface area contributed by atoms with Crippen molar-refractivity contribution in [2.75, 3.05) is 0 Å². The summed E-state index contributed by atoms with van der Waals surface area (Å²) in [4.78, 5) is 0. The number of fused-ring (bicyclic) bond motifs is 1. The first-order valence-corrected chi connectivity index (χ1v) is 6.07. The highest BCUT2D eigenvalue weighted by molar-refractivity contribution is 14.1. The van der Waals surface area contributed by atoms with Crippen molar-refractivity contribution in [2.45, 2.75) is 13.3 Å². The molecule has 0 aliphatic heterocycles. The Labute approximate surface area is 94.5 Å². The molecule has 0 fully saturated rings. The van der Waals surface area contributed by atoms with Crippen LogP contribution in [0.25, 0.3) is 10.1 Å². The summed E-state index contributed by atoms with van der Waals surface area (Å²) < 4.78 is 2.49. The van der Waals surface area contributed by atoms with Gasteiger partial charge in [0.25, 0.3) is 0 Å². The van der Waals surface area contributed by atoms with Gasteiger partial charge in [0, 0.05) is 14.3 Å². The molecule has 0 amide bonds. The summed E-state index contributed by atoms with van der Waals surface area (Å²) in [6.07, 6.45) is 1.05. The van der Waals surface area contributed by atoms with Crippen molar-refractivity contribution in [3.8, 4) is 5.75 Å². The van der Waals surface area contributed by atoms with Crippen molar-refractivity contribution in [3.63, 3.8) is 0 Å². The second kappa shape index (κ2) is 3.46. The predicted octanol–water partition coefficient (Wildman–Crippen LogP) is 3.77. The third-order valence-electron chi connectivity index (χ3n) is 2.12. The standard InChI is InChI=1S/C10H9IOS/c1-2-6-3-4-7-8(12)5-13-10(7)9(6)11/h3-5,12H,2H2,1H3. The van der Waals surface area contributed by atoms with Crippen LogP contribution in [0, 0.1) is 3.57 Å². The number of hydrogen-bond acceptors (Lipinski definition) is 2. The molecule has 3 heteroatoms. The Balaban J connectivity index is 2.80. The van der Waals surface area contributed by atoms with Gasteiger partial charge in [0.05, 0.1) is 4.70 Å². The van der Waals surface area contributed by atoms with Gasteiger partial charge in [0.2, 0.25) is 0 Å². The topological polar surface area (TPSA) is 20.2 Å². The van der Waals surface area contributed by atoms with Gasteiger partial charge >= 0.3 is 0 Å². The molecule has 0 aliphatic carbocycles. The SMILES string of the molecule is CCc1ccc2c(O)csc2c1I. The first kappa shape index (κ1) is 9.27. The second-order valence-electron chi connectivity index (χ2n) is 2.89. The van der Waals surface area contributed by atoms with E-state index in [1.807, 2.05) is 6.07 Å². The number of halogens is 1. The Hall–Kier alpha value is -0.290. The highest BCUT2D eigenvalue weighted by Gasteiger charge is 2.08. The van der Waals surface area contributed by atoms with E-state index >= 15 is 0 Å². The summed E-state index contributed by atoms with van der Waals surface area (Å²) in [5.41, 5.74) is 1.36. The van der Waals surface area contributed by atoms with E-state index in [2.05, 4.69) is 35.6 Å². The minimum atomic E-state index is 0.403. The van der Waals surface area contributed by atoms with Gasteiger partial charge in [-0.25, -0.2) is 0 Å². The van der Waals surface area contributed by atoms with Crippen LogP contribution in [0.15, 0.2) is 17.5 Å². The third-order valence-corrected chi connectivity index (χ3v) is 4.72. The van der Waals surface area contributed by atoms with Crippen LogP contribution in [0.2, 0.25) is 0 Å². The molecule has 1 aromatic carbocycles. The lowest BCUT2D eigenvalue weighted by atomic mass is 10.1. The molecule has 2 aromatic rings. The minimum absolute atomic E-state index is 0.403. The maximum atomic E-state index is 9.51. The fraction of sp³-hybridized carbons (Fsp3) is 0.200. The van der Waals surface area contributed by atoms with Gasteiger partial charge in [-0.1, -0.05) is 13.0 Å². The molecule has 1 N–H and O–H groups in total. The van der Waals surface area contributed by atoms with Crippen molar-refractivity contribution in [1.29, 1.82) is 0 Å². The van der Waals surface area contributed by atoms with E-state index in [0.717, 1.165) is 11.8 Å². The summed E-state index contributed by atoms with van der Waals surface area (Å²) in [7, 11) is 0. The van der Waals surface area contributed by atoms with Gasteiger partial charge in [-0.15, -0.1) is 11.3 Å². The quantitative estimate of drug-likeness (QED) is 0.795. The van der Waals surface area contributed by atoms with Gasteiger partial charge in [-0.3, -0.25) is 0 Å². The van der Waals surface area contributed by atoms with Crippen molar-refractivity contribution in [2.24, 2.45) is 0 Å². The number of benzene rings is 1. The maximum absolute atomic E-state index is 9.51. The monoisotopic (exact) mass is 304 g/mol. The molecular formula is C10H9IOS. The van der Waals surface area contributed by atoms with E-state index in [4.69, 9.17) is 0 Å². The molecule has 0 saturated heterocycles. The Bertz CT molecular complexity index is 447. The molecule has 0 atom stereocenters. The van der Waals surface area contributed by atoms with Crippen LogP contribution in [0.5, 0.6) is 5.75 Å². The van der Waals surface area contributed by atoms with Crippen LogP contribution < -0.4 is 0 Å². The average Bonchev–Trinajstić information content (AvgIpc) is 2.50. The fourth-order valence-electron chi connectivity index (χ4n) is 1.37. The zero-order chi connectivity index (χ0) is 9.42. The van der Waals surface area contributed by atoms with E-state index in [1.165, 1.54) is 13.8 Å². The average molecular weight is 304 g/mol. The summed E-state index contributed by atoms with van der Waals surface area (Å²) >= 11 is 3.96. The predicted molar refractivity (Wildman–Crippen MR) is 65.6 cm³/mol. The summed E-state index contributed by atoms with van der Waals surface area (Å²) in [5.74, 6) is 0.403. The molecule has 0 radical (unpaired) electrons. The van der Waals surface area contributed by atoms with Gasteiger partial charge in [-0.2, -0.15) is 0 Å². The first-order valence-electron chi connectivity index (χ1n) is 4.11. The molecule has 1 aromatic heterocycles. The lowest BCUT2D eigenvalue weighted by Crippen LogP contribution is -1.84. The largest absolute Gasteiger partial charge is 0.506 e. The van der Waals surface area contributed by atoms with Gasteiger partial charge in [0.1, 0.15) is 5.75 Å². The van der Waals surface area contributed by atoms with E-state index < -0.39 is 0 Å². The lowest BCUT2D eigenvalue weighted by Gasteiger charge is -2.01. The van der Waals surface area contributed by atoms with Crippen LogP contribution in [0.3, 0.4) is 0 Å². The van der Waals surface area contributed by atoms with E-state index in [0.29, 0.717) is 5.75 Å². The smallest absolute Gasteiger partial charge is 0.134 e. The summed E-state index contributed by atoms with van der Waals surface area (Å²) in [5, 5.41) is 12.3. The molecule has 1 nitrogen and oxygen atoms in total. The molecule has 1 heterocycles. The van der Waals surface area contributed by atoms with Crippen molar-refractivity contribution in [1.82, 2.24) is 0 Å². The summed E-state index contributed by atoms with van der Waals surface area (Å²) in [6, 6.07) is 4.10. The van der Waals surface area contributed by atoms with Gasteiger partial charge < -0.3 is 5.11 Å². The number of thiophene rings is 1. The first-order chi connectivity index (χ1) is 6.24. The molecule has 0 saturated carbocycles. The Morgan fingerprint density at radius 1 is 1.46 bits per heavy atom. The zero-order valence-electron chi connectivity index (χ0n) is 7.17. The molecular weight excluding hydrogens is 295 g/mol. The van der Waals surface area contributed by atoms with E-state index in [-0.39, 0.29) is 0 Å². The van der Waals surface area contributed by atoms with Crippen LogP contribution in [0.4, 0.5) is 0 Å². The normalized spacial score (nSPS) is 10.9. The van der Waals surface area contributed by atoms with Gasteiger partial charge in [-0.05, 0) is 40.6 Å².